The summed E-state index contributed by atoms with van der Waals surface area (Å²) in [7, 11) is 0. The second kappa shape index (κ2) is 9.27. The lowest BCUT2D eigenvalue weighted by Crippen LogP contribution is -2.42. The number of hydrogen-bond acceptors (Lipinski definition) is 3. The van der Waals surface area contributed by atoms with Gasteiger partial charge < -0.3 is 20.9 Å². The van der Waals surface area contributed by atoms with Gasteiger partial charge in [-0.05, 0) is 36.9 Å². The Bertz CT molecular complexity index is 533. The molecule has 0 bridgehead atoms. The van der Waals surface area contributed by atoms with Crippen molar-refractivity contribution in [1.29, 1.82) is 0 Å². The van der Waals surface area contributed by atoms with Gasteiger partial charge in [0.25, 0.3) is 0 Å². The van der Waals surface area contributed by atoms with Crippen LogP contribution in [-0.2, 0) is 4.79 Å². The second-order valence-electron chi connectivity index (χ2n) is 6.79. The van der Waals surface area contributed by atoms with E-state index in [1.165, 1.54) is 0 Å². The highest BCUT2D eigenvalue weighted by Gasteiger charge is 2.23. The predicted molar refractivity (Wildman–Crippen MR) is 95.9 cm³/mol. The largest absolute Gasteiger partial charge is 0.338 e. The summed E-state index contributed by atoms with van der Waals surface area (Å²) in [6.45, 7) is 8.31. The van der Waals surface area contributed by atoms with E-state index in [0.717, 1.165) is 31.7 Å². The molecule has 3 N–H and O–H groups in total. The van der Waals surface area contributed by atoms with E-state index in [2.05, 4.69) is 34.7 Å². The van der Waals surface area contributed by atoms with Crippen LogP contribution >= 0.6 is 0 Å². The van der Waals surface area contributed by atoms with Gasteiger partial charge in [0.05, 0.1) is 6.54 Å². The smallest absolute Gasteiger partial charge is 0.315 e. The zero-order valence-corrected chi connectivity index (χ0v) is 14.5. The van der Waals surface area contributed by atoms with Gasteiger partial charge in [-0.2, -0.15) is 0 Å². The SMILES string of the molecule is CC(C)CN1CC[C@@H](CNC(=O)NCC(=O)Nc2ccccc2)C1. The number of benzene rings is 1. The highest BCUT2D eigenvalue weighted by Crippen LogP contribution is 2.16. The molecular formula is C18H28N4O2. The number of carbonyl (C=O) groups excluding carboxylic acids is 2. The second-order valence-corrected chi connectivity index (χ2v) is 6.79. The molecule has 6 nitrogen and oxygen atoms in total. The molecule has 0 spiro atoms. The molecule has 1 aromatic carbocycles. The number of urea groups is 1. The van der Waals surface area contributed by atoms with Gasteiger partial charge in [-0.3, -0.25) is 4.79 Å². The van der Waals surface area contributed by atoms with Crippen LogP contribution in [0.15, 0.2) is 30.3 Å². The maximum Gasteiger partial charge on any atom is 0.315 e. The fourth-order valence-electron chi connectivity index (χ4n) is 2.95. The minimum atomic E-state index is -0.291. The van der Waals surface area contributed by atoms with Crippen LogP contribution in [0.5, 0.6) is 0 Å². The molecule has 24 heavy (non-hydrogen) atoms. The molecule has 0 saturated carbocycles. The minimum absolute atomic E-state index is 0.0368. The van der Waals surface area contributed by atoms with Crippen LogP contribution in [0.2, 0.25) is 0 Å². The van der Waals surface area contributed by atoms with E-state index in [-0.39, 0.29) is 18.5 Å². The average molecular weight is 332 g/mol. The molecule has 6 heteroatoms. The molecule has 3 amide bonds. The summed E-state index contributed by atoms with van der Waals surface area (Å²) in [6.07, 6.45) is 1.11. The van der Waals surface area contributed by atoms with Gasteiger partial charge in [-0.15, -0.1) is 0 Å². The Kier molecular flexibility index (Phi) is 7.06. The van der Waals surface area contributed by atoms with Crippen molar-refractivity contribution in [1.82, 2.24) is 15.5 Å². The van der Waals surface area contributed by atoms with Crippen LogP contribution in [-0.4, -0.2) is 49.6 Å². The number of nitrogens with one attached hydrogen (secondary N) is 3. The number of hydrogen-bond donors (Lipinski definition) is 3. The zero-order valence-electron chi connectivity index (χ0n) is 14.5. The predicted octanol–water partition coefficient (Wildman–Crippen LogP) is 1.90. The first-order chi connectivity index (χ1) is 11.5. The third-order valence-corrected chi connectivity index (χ3v) is 4.01. The summed E-state index contributed by atoms with van der Waals surface area (Å²) in [5.41, 5.74) is 0.723. The molecule has 1 atom stereocenters. The fourth-order valence-corrected chi connectivity index (χ4v) is 2.95. The average Bonchev–Trinajstić information content (AvgIpc) is 2.98. The number of carbonyl (C=O) groups is 2. The van der Waals surface area contributed by atoms with E-state index in [1.807, 2.05) is 18.2 Å². The molecule has 1 aromatic rings. The summed E-state index contributed by atoms with van der Waals surface area (Å²) in [6, 6.07) is 8.90. The molecule has 1 saturated heterocycles. The van der Waals surface area contributed by atoms with Gasteiger partial charge in [0.15, 0.2) is 0 Å². The Morgan fingerprint density at radius 3 is 2.67 bits per heavy atom. The van der Waals surface area contributed by atoms with Crippen LogP contribution in [0.4, 0.5) is 10.5 Å². The summed E-state index contributed by atoms with van der Waals surface area (Å²) in [4.78, 5) is 26.0. The number of anilines is 1. The van der Waals surface area contributed by atoms with Gasteiger partial charge in [-0.25, -0.2) is 4.79 Å². The number of nitrogens with zero attached hydrogens (tertiary/aromatic N) is 1. The van der Waals surface area contributed by atoms with Crippen molar-refractivity contribution in [2.45, 2.75) is 20.3 Å². The molecular weight excluding hydrogens is 304 g/mol. The van der Waals surface area contributed by atoms with E-state index in [4.69, 9.17) is 0 Å². The summed E-state index contributed by atoms with van der Waals surface area (Å²) < 4.78 is 0. The molecule has 2 rings (SSSR count). The molecule has 1 heterocycles. The lowest BCUT2D eigenvalue weighted by atomic mass is 10.1. The van der Waals surface area contributed by atoms with Crippen molar-refractivity contribution in [2.24, 2.45) is 11.8 Å². The maximum absolute atomic E-state index is 11.8. The molecule has 1 aliphatic rings. The molecule has 1 aliphatic heterocycles. The van der Waals surface area contributed by atoms with E-state index in [0.29, 0.717) is 18.4 Å². The van der Waals surface area contributed by atoms with Crippen molar-refractivity contribution >= 4 is 17.6 Å². The highest BCUT2D eigenvalue weighted by atomic mass is 16.2. The summed E-state index contributed by atoms with van der Waals surface area (Å²) >= 11 is 0. The van der Waals surface area contributed by atoms with Gasteiger partial charge in [0, 0.05) is 25.3 Å². The first kappa shape index (κ1) is 18.3. The van der Waals surface area contributed by atoms with E-state index in [1.54, 1.807) is 12.1 Å². The number of likely N-dealkylation sites (tertiary alicyclic amines) is 1. The molecule has 1 fully saturated rings. The fraction of sp³-hybridized carbons (Fsp3) is 0.556. The van der Waals surface area contributed by atoms with Crippen molar-refractivity contribution in [3.05, 3.63) is 30.3 Å². The van der Waals surface area contributed by atoms with E-state index in [9.17, 15) is 9.59 Å². The van der Waals surface area contributed by atoms with Gasteiger partial charge in [0.2, 0.25) is 5.91 Å². The van der Waals surface area contributed by atoms with Crippen molar-refractivity contribution in [3.63, 3.8) is 0 Å². The van der Waals surface area contributed by atoms with Crippen LogP contribution in [0.25, 0.3) is 0 Å². The molecule has 0 radical (unpaired) electrons. The van der Waals surface area contributed by atoms with Crippen LogP contribution in [0, 0.1) is 11.8 Å². The lowest BCUT2D eigenvalue weighted by molar-refractivity contribution is -0.115. The zero-order chi connectivity index (χ0) is 17.4. The molecule has 0 aliphatic carbocycles. The number of para-hydroxylation sites is 1. The third-order valence-electron chi connectivity index (χ3n) is 4.01. The molecule has 0 unspecified atom stereocenters. The molecule has 0 aromatic heterocycles. The summed E-state index contributed by atoms with van der Waals surface area (Å²) in [5, 5.41) is 8.19. The van der Waals surface area contributed by atoms with Crippen LogP contribution in [0.1, 0.15) is 20.3 Å². The molecule has 132 valence electrons. The quantitative estimate of drug-likeness (QED) is 0.714. The normalized spacial score (nSPS) is 17.7. The Labute approximate surface area is 144 Å². The van der Waals surface area contributed by atoms with Gasteiger partial charge in [-0.1, -0.05) is 32.0 Å². The van der Waals surface area contributed by atoms with Crippen molar-refractivity contribution in [3.8, 4) is 0 Å². The first-order valence-corrected chi connectivity index (χ1v) is 8.62. The van der Waals surface area contributed by atoms with Gasteiger partial charge in [0.1, 0.15) is 0 Å². The first-order valence-electron chi connectivity index (χ1n) is 8.62. The van der Waals surface area contributed by atoms with Crippen molar-refractivity contribution in [2.75, 3.05) is 38.0 Å². The monoisotopic (exact) mass is 332 g/mol. The Morgan fingerprint density at radius 1 is 1.21 bits per heavy atom. The van der Waals surface area contributed by atoms with Gasteiger partial charge >= 0.3 is 6.03 Å². The number of amides is 3. The van der Waals surface area contributed by atoms with E-state index < -0.39 is 0 Å². The third kappa shape index (κ3) is 6.58. The Morgan fingerprint density at radius 2 is 1.96 bits per heavy atom. The Hall–Kier alpha value is -2.08. The maximum atomic E-state index is 11.8. The highest BCUT2D eigenvalue weighted by molar-refractivity contribution is 5.94. The Balaban J connectivity index is 1.59. The summed E-state index contributed by atoms with van der Waals surface area (Å²) in [5.74, 6) is 0.927. The number of rotatable bonds is 7. The standard InChI is InChI=1S/C18H28N4O2/c1-14(2)12-22-9-8-15(13-22)10-19-18(24)20-11-17(23)21-16-6-4-3-5-7-16/h3-7,14-15H,8-13H2,1-2H3,(H,21,23)(H2,19,20,24)/t15-/m0/s1. The lowest BCUT2D eigenvalue weighted by Gasteiger charge is -2.18. The van der Waals surface area contributed by atoms with Crippen LogP contribution < -0.4 is 16.0 Å². The topological polar surface area (TPSA) is 73.5 Å². The van der Waals surface area contributed by atoms with Crippen LogP contribution in [0.3, 0.4) is 0 Å². The van der Waals surface area contributed by atoms with E-state index >= 15 is 0 Å². The minimum Gasteiger partial charge on any atom is -0.338 e. The van der Waals surface area contributed by atoms with Crippen molar-refractivity contribution < 1.29 is 9.59 Å².